The molecule has 3 rings (SSSR count). The zero-order valence-electron chi connectivity index (χ0n) is 25.0. The molecule has 2 heterocycles. The number of carbonyl (C=O) groups is 3. The molecular formula is C29H44N6O5. The van der Waals surface area contributed by atoms with E-state index in [4.69, 9.17) is 15.2 Å². The van der Waals surface area contributed by atoms with Crippen molar-refractivity contribution >= 4 is 29.6 Å². The van der Waals surface area contributed by atoms with Gasteiger partial charge in [0.1, 0.15) is 17.2 Å². The largest absolute Gasteiger partial charge is 0.444 e. The van der Waals surface area contributed by atoms with E-state index in [2.05, 4.69) is 15.3 Å². The predicted molar refractivity (Wildman–Crippen MR) is 155 cm³/mol. The molecule has 11 nitrogen and oxygen atoms in total. The summed E-state index contributed by atoms with van der Waals surface area (Å²) in [5.41, 5.74) is 6.90. The lowest BCUT2D eigenvalue weighted by Gasteiger charge is -2.36. The molecule has 1 aliphatic rings. The zero-order chi connectivity index (χ0) is 29.8. The Morgan fingerprint density at radius 3 is 1.98 bits per heavy atom. The number of amides is 2. The summed E-state index contributed by atoms with van der Waals surface area (Å²) in [5.74, 6) is 0.0952. The highest BCUT2D eigenvalue weighted by molar-refractivity contribution is 5.86. The molecule has 40 heavy (non-hydrogen) atoms. The van der Waals surface area contributed by atoms with Gasteiger partial charge < -0.3 is 30.3 Å². The number of nitrogens with zero attached hydrogens (tertiary/aromatic N) is 4. The first-order chi connectivity index (χ1) is 18.5. The van der Waals surface area contributed by atoms with Crippen molar-refractivity contribution in [2.75, 3.05) is 36.4 Å². The Bertz CT molecular complexity index is 1180. The third kappa shape index (κ3) is 8.62. The number of primary amides is 1. The van der Waals surface area contributed by atoms with Gasteiger partial charge in [0.05, 0.1) is 0 Å². The van der Waals surface area contributed by atoms with Crippen molar-refractivity contribution in [3.8, 4) is 11.1 Å². The van der Waals surface area contributed by atoms with Crippen LogP contribution in [-0.2, 0) is 14.3 Å². The van der Waals surface area contributed by atoms with Crippen molar-refractivity contribution in [2.24, 2.45) is 11.7 Å². The van der Waals surface area contributed by atoms with E-state index in [1.165, 1.54) is 0 Å². The molecule has 1 aromatic carbocycles. The fourth-order valence-corrected chi connectivity index (χ4v) is 4.30. The number of nitrogens with two attached hydrogens (primary N) is 1. The van der Waals surface area contributed by atoms with E-state index in [0.717, 1.165) is 15.9 Å². The Morgan fingerprint density at radius 1 is 0.925 bits per heavy atom. The predicted octanol–water partition coefficient (Wildman–Crippen LogP) is 4.70. The van der Waals surface area contributed by atoms with Crippen LogP contribution in [0.1, 0.15) is 61.8 Å². The maximum Gasteiger partial charge on any atom is 0.435 e. The molecule has 0 aliphatic carbocycles. The molecule has 2 aromatic rings. The molecule has 0 radical (unpaired) electrons. The highest BCUT2D eigenvalue weighted by atomic mass is 16.6. The van der Waals surface area contributed by atoms with Gasteiger partial charge in [-0.3, -0.25) is 4.79 Å². The molecule has 1 aliphatic heterocycles. The molecule has 0 bridgehead atoms. The monoisotopic (exact) mass is 556 g/mol. The quantitative estimate of drug-likeness (QED) is 0.502. The van der Waals surface area contributed by atoms with Crippen LogP contribution in [0, 0.1) is 5.92 Å². The topological polar surface area (TPSA) is 132 Å². The van der Waals surface area contributed by atoms with E-state index in [0.29, 0.717) is 44.0 Å². The summed E-state index contributed by atoms with van der Waals surface area (Å²) in [4.78, 5) is 41.3. The van der Waals surface area contributed by atoms with Crippen LogP contribution in [0.25, 0.3) is 11.1 Å². The van der Waals surface area contributed by atoms with Crippen LogP contribution in [0.2, 0.25) is 0 Å². The van der Waals surface area contributed by atoms with Crippen molar-refractivity contribution in [3.05, 3.63) is 30.5 Å². The maximum atomic E-state index is 12.8. The van der Waals surface area contributed by atoms with Gasteiger partial charge in [0, 0.05) is 43.6 Å². The Labute approximate surface area is 237 Å². The van der Waals surface area contributed by atoms with Gasteiger partial charge in [-0.15, -0.1) is 5.10 Å². The lowest BCUT2D eigenvalue weighted by molar-refractivity contribution is -0.119. The van der Waals surface area contributed by atoms with Crippen LogP contribution < -0.4 is 16.0 Å². The molecular weight excluding hydrogens is 512 g/mol. The number of benzene rings is 1. The molecule has 3 N–H and O–H groups in total. The van der Waals surface area contributed by atoms with Crippen molar-refractivity contribution < 1.29 is 23.9 Å². The summed E-state index contributed by atoms with van der Waals surface area (Å²) in [7, 11) is 0. The Kier molecular flexibility index (Phi) is 9.37. The van der Waals surface area contributed by atoms with E-state index >= 15 is 0 Å². The summed E-state index contributed by atoms with van der Waals surface area (Å²) < 4.78 is 12.1. The lowest BCUT2D eigenvalue weighted by atomic mass is 10.0. The summed E-state index contributed by atoms with van der Waals surface area (Å²) in [6, 6.07) is 7.22. The number of anilines is 2. The summed E-state index contributed by atoms with van der Waals surface area (Å²) in [6.45, 7) is 17.4. The van der Waals surface area contributed by atoms with Gasteiger partial charge in [-0.2, -0.15) is 4.68 Å². The normalized spacial score (nSPS) is 15.1. The zero-order valence-corrected chi connectivity index (χ0v) is 25.0. The Hall–Kier alpha value is -3.76. The van der Waals surface area contributed by atoms with Gasteiger partial charge in [0.15, 0.2) is 5.82 Å². The fourth-order valence-electron chi connectivity index (χ4n) is 4.30. The Morgan fingerprint density at radius 2 is 1.48 bits per heavy atom. The number of nitrogens with one attached hydrogen (secondary N) is 1. The first-order valence-corrected chi connectivity index (χ1v) is 13.7. The second kappa shape index (κ2) is 12.2. The SMILES string of the molecule is CC(C)C[C@H](Nc1nn(C(=O)OC(C)(C)C)cc1-c1ccc(N2CCN(C(=O)OC(C)(C)C)CC2)cc1)C(N)=O. The van der Waals surface area contributed by atoms with Crippen molar-refractivity contribution in [1.82, 2.24) is 14.7 Å². The van der Waals surface area contributed by atoms with Crippen molar-refractivity contribution in [2.45, 2.75) is 79.1 Å². The summed E-state index contributed by atoms with van der Waals surface area (Å²) in [5, 5.41) is 7.58. The third-order valence-corrected chi connectivity index (χ3v) is 6.13. The second-order valence-corrected chi connectivity index (χ2v) is 12.5. The third-order valence-electron chi connectivity index (χ3n) is 6.13. The standard InChI is InChI=1S/C29H44N6O5/c1-19(2)17-23(24(30)36)31-25-22(18-35(32-25)27(38)40-29(6,7)8)20-9-11-21(12-10-20)33-13-15-34(16-14-33)26(37)39-28(3,4)5/h9-12,18-19,23H,13-17H2,1-8H3,(H2,30,36)(H,31,32)/t23-/m0/s1. The number of carbonyl (C=O) groups excluding carboxylic acids is 3. The number of hydrogen-bond donors (Lipinski definition) is 2. The highest BCUT2D eigenvalue weighted by Gasteiger charge is 2.27. The van der Waals surface area contributed by atoms with Crippen LogP contribution in [0.3, 0.4) is 0 Å². The fraction of sp³-hybridized carbons (Fsp3) is 0.586. The van der Waals surface area contributed by atoms with Crippen LogP contribution in [0.5, 0.6) is 0 Å². The Balaban J connectivity index is 1.81. The summed E-state index contributed by atoms with van der Waals surface area (Å²) in [6.07, 6.45) is 1.19. The minimum absolute atomic E-state index is 0.219. The van der Waals surface area contributed by atoms with Gasteiger partial charge in [-0.1, -0.05) is 26.0 Å². The average molecular weight is 557 g/mol. The number of rotatable bonds is 7. The molecule has 0 unspecified atom stereocenters. The first kappa shape index (κ1) is 30.8. The molecule has 1 fully saturated rings. The number of piperazine rings is 1. The molecule has 220 valence electrons. The van der Waals surface area contributed by atoms with Gasteiger partial charge in [-0.25, -0.2) is 9.59 Å². The van der Waals surface area contributed by atoms with E-state index in [-0.39, 0.29) is 12.0 Å². The smallest absolute Gasteiger partial charge is 0.435 e. The molecule has 2 amide bonds. The lowest BCUT2D eigenvalue weighted by Crippen LogP contribution is -2.50. The number of aromatic nitrogens is 2. The molecule has 1 saturated heterocycles. The molecule has 0 spiro atoms. The van der Waals surface area contributed by atoms with Gasteiger partial charge >= 0.3 is 12.2 Å². The molecule has 11 heteroatoms. The van der Waals surface area contributed by atoms with Gasteiger partial charge in [0.25, 0.3) is 0 Å². The van der Waals surface area contributed by atoms with Crippen LogP contribution in [0.4, 0.5) is 21.1 Å². The van der Waals surface area contributed by atoms with Crippen LogP contribution in [-0.4, -0.2) is 76.2 Å². The summed E-state index contributed by atoms with van der Waals surface area (Å²) >= 11 is 0. The van der Waals surface area contributed by atoms with Crippen molar-refractivity contribution in [3.63, 3.8) is 0 Å². The molecule has 1 aromatic heterocycles. The minimum Gasteiger partial charge on any atom is -0.444 e. The van der Waals surface area contributed by atoms with E-state index in [1.54, 1.807) is 31.9 Å². The highest BCUT2D eigenvalue weighted by Crippen LogP contribution is 2.31. The number of hydrogen-bond acceptors (Lipinski definition) is 8. The number of ether oxygens (including phenoxy) is 2. The second-order valence-electron chi connectivity index (χ2n) is 12.5. The van der Waals surface area contributed by atoms with Gasteiger partial charge in [0.2, 0.25) is 5.91 Å². The van der Waals surface area contributed by atoms with Crippen molar-refractivity contribution in [1.29, 1.82) is 0 Å². The first-order valence-electron chi connectivity index (χ1n) is 13.7. The van der Waals surface area contributed by atoms with E-state index in [9.17, 15) is 14.4 Å². The van der Waals surface area contributed by atoms with Gasteiger partial charge in [-0.05, 0) is 71.6 Å². The molecule has 0 saturated carbocycles. The average Bonchev–Trinajstić information content (AvgIpc) is 3.25. The van der Waals surface area contributed by atoms with E-state index < -0.39 is 29.2 Å². The maximum absolute atomic E-state index is 12.8. The van der Waals surface area contributed by atoms with Crippen LogP contribution >= 0.6 is 0 Å². The van der Waals surface area contributed by atoms with Crippen LogP contribution in [0.15, 0.2) is 30.5 Å². The van der Waals surface area contributed by atoms with E-state index in [1.807, 2.05) is 58.9 Å². The molecule has 1 atom stereocenters. The minimum atomic E-state index is -0.695.